The fourth-order valence-corrected chi connectivity index (χ4v) is 2.55. The van der Waals surface area contributed by atoms with Gasteiger partial charge in [0.05, 0.1) is 5.60 Å². The van der Waals surface area contributed by atoms with E-state index in [-0.39, 0.29) is 0 Å². The van der Waals surface area contributed by atoms with Crippen molar-refractivity contribution in [2.45, 2.75) is 23.6 Å². The molecule has 0 spiro atoms. The number of piperidine rings is 1. The van der Waals surface area contributed by atoms with Gasteiger partial charge in [-0.3, -0.25) is 0 Å². The molecule has 2 N–H and O–H groups in total. The van der Waals surface area contributed by atoms with E-state index >= 15 is 0 Å². The summed E-state index contributed by atoms with van der Waals surface area (Å²) >= 11 is 1.53. The Morgan fingerprint density at radius 2 is 2.00 bits per heavy atom. The molecule has 1 aromatic heterocycles. The van der Waals surface area contributed by atoms with Crippen LogP contribution in [0, 0.1) is 0 Å². The molecule has 0 saturated carbocycles. The lowest BCUT2D eigenvalue weighted by Gasteiger charge is -2.31. The Morgan fingerprint density at radius 3 is 2.67 bits per heavy atom. The number of rotatable bonds is 3. The fourth-order valence-electron chi connectivity index (χ4n) is 1.60. The highest BCUT2D eigenvalue weighted by Crippen LogP contribution is 2.25. The summed E-state index contributed by atoms with van der Waals surface area (Å²) in [4.78, 5) is 8.24. The van der Waals surface area contributed by atoms with Crippen molar-refractivity contribution in [2.24, 2.45) is 0 Å². The van der Waals surface area contributed by atoms with Gasteiger partial charge in [-0.15, -0.1) is 0 Å². The first kappa shape index (κ1) is 10.9. The van der Waals surface area contributed by atoms with Crippen LogP contribution in [0.15, 0.2) is 23.6 Å². The Morgan fingerprint density at radius 1 is 1.33 bits per heavy atom. The van der Waals surface area contributed by atoms with Crippen molar-refractivity contribution < 1.29 is 5.11 Å². The highest BCUT2D eigenvalue weighted by molar-refractivity contribution is 7.99. The van der Waals surface area contributed by atoms with Crippen molar-refractivity contribution in [2.75, 3.05) is 18.8 Å². The molecule has 0 unspecified atom stereocenters. The van der Waals surface area contributed by atoms with Gasteiger partial charge >= 0.3 is 0 Å². The molecule has 2 heterocycles. The van der Waals surface area contributed by atoms with E-state index in [9.17, 15) is 5.11 Å². The van der Waals surface area contributed by atoms with Gasteiger partial charge in [-0.2, -0.15) is 0 Å². The van der Waals surface area contributed by atoms with Gasteiger partial charge in [0.25, 0.3) is 0 Å². The molecule has 0 aliphatic carbocycles. The normalized spacial score (nSPS) is 20.1. The highest BCUT2D eigenvalue weighted by atomic mass is 32.2. The van der Waals surface area contributed by atoms with Crippen LogP contribution in [-0.4, -0.2) is 39.5 Å². The Labute approximate surface area is 93.5 Å². The predicted molar refractivity (Wildman–Crippen MR) is 59.8 cm³/mol. The van der Waals surface area contributed by atoms with Crippen molar-refractivity contribution in [1.29, 1.82) is 0 Å². The van der Waals surface area contributed by atoms with Crippen LogP contribution >= 0.6 is 11.8 Å². The number of nitrogens with zero attached hydrogens (tertiary/aromatic N) is 2. The lowest BCUT2D eigenvalue weighted by molar-refractivity contribution is 0.0339. The van der Waals surface area contributed by atoms with Crippen LogP contribution in [0.1, 0.15) is 12.8 Å². The zero-order valence-electron chi connectivity index (χ0n) is 8.52. The maximum atomic E-state index is 10.2. The summed E-state index contributed by atoms with van der Waals surface area (Å²) in [6, 6.07) is 1.79. The first-order valence-electron chi connectivity index (χ1n) is 5.11. The van der Waals surface area contributed by atoms with Crippen LogP contribution < -0.4 is 5.32 Å². The van der Waals surface area contributed by atoms with E-state index in [4.69, 9.17) is 0 Å². The second kappa shape index (κ2) is 4.92. The number of nitrogens with one attached hydrogen (secondary N) is 1. The minimum Gasteiger partial charge on any atom is -0.389 e. The van der Waals surface area contributed by atoms with E-state index in [1.807, 2.05) is 0 Å². The molecule has 1 saturated heterocycles. The molecule has 82 valence electrons. The van der Waals surface area contributed by atoms with Gasteiger partial charge in [0, 0.05) is 18.1 Å². The van der Waals surface area contributed by atoms with Crippen LogP contribution in [-0.2, 0) is 0 Å². The van der Waals surface area contributed by atoms with E-state index < -0.39 is 5.60 Å². The summed E-state index contributed by atoms with van der Waals surface area (Å²) in [6.07, 6.45) is 5.07. The van der Waals surface area contributed by atoms with Crippen LogP contribution in [0.5, 0.6) is 0 Å². The van der Waals surface area contributed by atoms with E-state index in [2.05, 4.69) is 15.3 Å². The van der Waals surface area contributed by atoms with Crippen LogP contribution in [0.4, 0.5) is 0 Å². The molecular weight excluding hydrogens is 210 g/mol. The molecule has 1 aromatic rings. The van der Waals surface area contributed by atoms with Crippen molar-refractivity contribution in [3.8, 4) is 0 Å². The molecule has 2 rings (SSSR count). The number of hydrogen-bond donors (Lipinski definition) is 2. The third-order valence-electron chi connectivity index (χ3n) is 2.55. The van der Waals surface area contributed by atoms with Crippen LogP contribution in [0.25, 0.3) is 0 Å². The predicted octanol–water partition coefficient (Wildman–Crippen LogP) is 0.683. The van der Waals surface area contributed by atoms with Crippen LogP contribution in [0.2, 0.25) is 0 Å². The summed E-state index contributed by atoms with van der Waals surface area (Å²) in [5.41, 5.74) is -0.547. The third kappa shape index (κ3) is 3.15. The minimum atomic E-state index is -0.547. The summed E-state index contributed by atoms with van der Waals surface area (Å²) in [5, 5.41) is 14.2. The van der Waals surface area contributed by atoms with Gasteiger partial charge in [0.15, 0.2) is 5.16 Å². The Balaban J connectivity index is 1.87. The lowest BCUT2D eigenvalue weighted by Crippen LogP contribution is -2.43. The topological polar surface area (TPSA) is 58.0 Å². The molecule has 1 aliphatic rings. The monoisotopic (exact) mass is 225 g/mol. The number of thioether (sulfide) groups is 1. The third-order valence-corrected chi connectivity index (χ3v) is 3.70. The maximum Gasteiger partial charge on any atom is 0.187 e. The average Bonchev–Trinajstić information content (AvgIpc) is 2.29. The smallest absolute Gasteiger partial charge is 0.187 e. The molecular formula is C10H15N3OS. The molecule has 0 atom stereocenters. The average molecular weight is 225 g/mol. The number of hydrogen-bond acceptors (Lipinski definition) is 5. The molecule has 0 aromatic carbocycles. The van der Waals surface area contributed by atoms with Crippen LogP contribution in [0.3, 0.4) is 0 Å². The van der Waals surface area contributed by atoms with E-state index in [1.54, 1.807) is 18.5 Å². The SMILES string of the molecule is OC1(CSc2ncccn2)CCNCC1. The Hall–Kier alpha value is -0.650. The van der Waals surface area contributed by atoms with Gasteiger partial charge in [-0.25, -0.2) is 9.97 Å². The second-order valence-corrected chi connectivity index (χ2v) is 4.74. The molecule has 4 nitrogen and oxygen atoms in total. The number of aliphatic hydroxyl groups is 1. The quantitative estimate of drug-likeness (QED) is 0.585. The number of aromatic nitrogens is 2. The van der Waals surface area contributed by atoms with Gasteiger partial charge in [-0.05, 0) is 32.0 Å². The lowest BCUT2D eigenvalue weighted by atomic mass is 9.95. The summed E-state index contributed by atoms with van der Waals surface area (Å²) in [7, 11) is 0. The summed E-state index contributed by atoms with van der Waals surface area (Å²) in [5.74, 6) is 0.679. The summed E-state index contributed by atoms with van der Waals surface area (Å²) < 4.78 is 0. The van der Waals surface area contributed by atoms with Gasteiger partial charge in [0.1, 0.15) is 0 Å². The molecule has 0 bridgehead atoms. The van der Waals surface area contributed by atoms with Crippen molar-refractivity contribution in [3.05, 3.63) is 18.5 Å². The van der Waals surface area contributed by atoms with Gasteiger partial charge < -0.3 is 10.4 Å². The largest absolute Gasteiger partial charge is 0.389 e. The fraction of sp³-hybridized carbons (Fsp3) is 0.600. The van der Waals surface area contributed by atoms with E-state index in [1.165, 1.54) is 11.8 Å². The molecule has 0 amide bonds. The molecule has 0 radical (unpaired) electrons. The van der Waals surface area contributed by atoms with Gasteiger partial charge in [0.2, 0.25) is 0 Å². The summed E-state index contributed by atoms with van der Waals surface area (Å²) in [6.45, 7) is 1.79. The first-order chi connectivity index (χ1) is 7.29. The molecule has 5 heteroatoms. The Bertz CT molecular complexity index is 301. The van der Waals surface area contributed by atoms with Crippen molar-refractivity contribution in [3.63, 3.8) is 0 Å². The van der Waals surface area contributed by atoms with E-state index in [0.717, 1.165) is 31.1 Å². The Kier molecular flexibility index (Phi) is 3.56. The maximum absolute atomic E-state index is 10.2. The molecule has 1 aliphatic heterocycles. The van der Waals surface area contributed by atoms with E-state index in [0.29, 0.717) is 5.75 Å². The first-order valence-corrected chi connectivity index (χ1v) is 6.10. The van der Waals surface area contributed by atoms with Crippen molar-refractivity contribution >= 4 is 11.8 Å². The molecule has 15 heavy (non-hydrogen) atoms. The zero-order valence-corrected chi connectivity index (χ0v) is 9.33. The molecule has 1 fully saturated rings. The standard InChI is InChI=1S/C10H15N3OS/c14-10(2-6-11-7-3-10)8-15-9-12-4-1-5-13-9/h1,4-5,11,14H,2-3,6-8H2. The minimum absolute atomic E-state index is 0.547. The van der Waals surface area contributed by atoms with Gasteiger partial charge in [-0.1, -0.05) is 11.8 Å². The zero-order chi connectivity index (χ0) is 10.6. The highest BCUT2D eigenvalue weighted by Gasteiger charge is 2.29. The second-order valence-electron chi connectivity index (χ2n) is 3.79. The van der Waals surface area contributed by atoms with Crippen molar-refractivity contribution in [1.82, 2.24) is 15.3 Å².